The molecule has 0 unspecified atom stereocenters. The van der Waals surface area contributed by atoms with Crippen LogP contribution in [0.5, 0.6) is 0 Å². The number of aromatic nitrogens is 5. The molecule has 1 aromatic carbocycles. The maximum Gasteiger partial charge on any atom is 0.416 e. The minimum Gasteiger partial charge on any atom is -0.464 e. The van der Waals surface area contributed by atoms with Crippen LogP contribution in [0.25, 0.3) is 22.1 Å². The molecule has 3 aromatic heterocycles. The maximum atomic E-state index is 13.1. The minimum absolute atomic E-state index is 0.170. The highest BCUT2D eigenvalue weighted by Crippen LogP contribution is 2.28. The number of hydrogen-bond acceptors (Lipinski definition) is 4. The topological polar surface area (TPSA) is 104 Å². The van der Waals surface area contributed by atoms with E-state index in [0.29, 0.717) is 15.9 Å². The van der Waals surface area contributed by atoms with E-state index in [4.69, 9.17) is 0 Å². The number of halogens is 1. The van der Waals surface area contributed by atoms with Crippen molar-refractivity contribution in [3.63, 3.8) is 0 Å². The number of hydrogen-bond donors (Lipinski definition) is 1. The first-order valence-electron chi connectivity index (χ1n) is 8.79. The molecule has 0 aliphatic heterocycles. The van der Waals surface area contributed by atoms with Gasteiger partial charge < -0.3 is 9.67 Å². The third-order valence-electron chi connectivity index (χ3n) is 5.37. The Labute approximate surface area is 172 Å². The largest absolute Gasteiger partial charge is 0.464 e. The van der Waals surface area contributed by atoms with Gasteiger partial charge in [0.2, 0.25) is 0 Å². The number of carboxylic acid groups (broad SMARTS) is 1. The molecule has 4 rings (SSSR count). The van der Waals surface area contributed by atoms with Crippen molar-refractivity contribution in [3.8, 4) is 0 Å². The Balaban J connectivity index is 2.07. The van der Waals surface area contributed by atoms with E-state index < -0.39 is 17.3 Å². The van der Waals surface area contributed by atoms with Crippen molar-refractivity contribution in [2.75, 3.05) is 0 Å². The molecule has 29 heavy (non-hydrogen) atoms. The number of aryl methyl sites for hydroxylation is 4. The second-order valence-electron chi connectivity index (χ2n) is 7.00. The standard InChI is InChI=1S/C19H18BrN5O4/c1-9-6-5-7-11-13(9)10(2)12(25(11)19(28)29)8-24-16(26)14-15(23(4)18(24)27)21-17(20)22(14)3/h5-7H,8H2,1-4H3,(H,28,29). The third-order valence-corrected chi connectivity index (χ3v) is 6.08. The van der Waals surface area contributed by atoms with Crippen LogP contribution in [0.4, 0.5) is 4.79 Å². The number of imidazole rings is 1. The lowest BCUT2D eigenvalue weighted by Crippen LogP contribution is -2.40. The molecule has 0 radical (unpaired) electrons. The summed E-state index contributed by atoms with van der Waals surface area (Å²) in [5.41, 5.74) is 1.98. The van der Waals surface area contributed by atoms with E-state index in [0.717, 1.165) is 25.6 Å². The first kappa shape index (κ1) is 19.2. The van der Waals surface area contributed by atoms with Crippen LogP contribution in [0, 0.1) is 13.8 Å². The molecule has 0 aliphatic carbocycles. The SMILES string of the molecule is Cc1cccc2c1c(C)c(Cn1c(=O)c3c(nc(Br)n3C)n(C)c1=O)n2C(=O)O. The van der Waals surface area contributed by atoms with Crippen LogP contribution in [0.1, 0.15) is 16.8 Å². The lowest BCUT2D eigenvalue weighted by molar-refractivity contribution is 0.196. The van der Waals surface area contributed by atoms with E-state index in [1.54, 1.807) is 30.7 Å². The summed E-state index contributed by atoms with van der Waals surface area (Å²) >= 11 is 3.27. The average Bonchev–Trinajstić information content (AvgIpc) is 3.12. The molecular formula is C19H18BrN5O4. The number of carbonyl (C=O) groups is 1. The Morgan fingerprint density at radius 3 is 2.52 bits per heavy atom. The second-order valence-corrected chi connectivity index (χ2v) is 7.71. The Morgan fingerprint density at radius 2 is 1.86 bits per heavy atom. The van der Waals surface area contributed by atoms with Gasteiger partial charge in [-0.3, -0.25) is 13.9 Å². The van der Waals surface area contributed by atoms with Crippen LogP contribution >= 0.6 is 15.9 Å². The van der Waals surface area contributed by atoms with Gasteiger partial charge in [0.05, 0.1) is 17.8 Å². The van der Waals surface area contributed by atoms with Crippen LogP contribution in [0.3, 0.4) is 0 Å². The summed E-state index contributed by atoms with van der Waals surface area (Å²) in [6, 6.07) is 5.40. The Morgan fingerprint density at radius 1 is 1.17 bits per heavy atom. The molecule has 9 nitrogen and oxygen atoms in total. The van der Waals surface area contributed by atoms with Gasteiger partial charge in [-0.15, -0.1) is 0 Å². The molecule has 0 saturated carbocycles. The first-order valence-corrected chi connectivity index (χ1v) is 9.59. The normalized spacial score (nSPS) is 11.6. The molecule has 0 atom stereocenters. The molecule has 3 heterocycles. The Hall–Kier alpha value is -3.14. The maximum absolute atomic E-state index is 13.1. The molecule has 0 bridgehead atoms. The van der Waals surface area contributed by atoms with E-state index in [1.165, 1.54) is 11.6 Å². The summed E-state index contributed by atoms with van der Waals surface area (Å²) in [6.45, 7) is 3.53. The summed E-state index contributed by atoms with van der Waals surface area (Å²) < 4.78 is 5.45. The van der Waals surface area contributed by atoms with Gasteiger partial charge in [-0.05, 0) is 47.0 Å². The van der Waals surface area contributed by atoms with Gasteiger partial charge in [0.15, 0.2) is 15.9 Å². The van der Waals surface area contributed by atoms with Crippen molar-refractivity contribution in [1.82, 2.24) is 23.3 Å². The number of rotatable bonds is 2. The van der Waals surface area contributed by atoms with Gasteiger partial charge in [-0.2, -0.15) is 0 Å². The lowest BCUT2D eigenvalue weighted by Gasteiger charge is -2.11. The van der Waals surface area contributed by atoms with Crippen LogP contribution in [-0.2, 0) is 20.6 Å². The summed E-state index contributed by atoms with van der Waals surface area (Å²) in [6.07, 6.45) is -1.17. The minimum atomic E-state index is -1.17. The zero-order valence-corrected chi connectivity index (χ0v) is 17.8. The number of fused-ring (bicyclic) bond motifs is 2. The Kier molecular flexibility index (Phi) is 4.26. The van der Waals surface area contributed by atoms with Crippen molar-refractivity contribution in [1.29, 1.82) is 0 Å². The molecule has 150 valence electrons. The molecule has 0 spiro atoms. The lowest BCUT2D eigenvalue weighted by atomic mass is 10.1. The molecule has 0 amide bonds. The van der Waals surface area contributed by atoms with Crippen LogP contribution in [0.15, 0.2) is 32.5 Å². The van der Waals surface area contributed by atoms with Crippen molar-refractivity contribution < 1.29 is 9.90 Å². The van der Waals surface area contributed by atoms with Crippen LogP contribution < -0.4 is 11.2 Å². The molecule has 1 N–H and O–H groups in total. The molecule has 0 aliphatic rings. The monoisotopic (exact) mass is 459 g/mol. The zero-order chi connectivity index (χ0) is 21.2. The summed E-state index contributed by atoms with van der Waals surface area (Å²) in [7, 11) is 3.20. The molecule has 4 aromatic rings. The highest BCUT2D eigenvalue weighted by molar-refractivity contribution is 9.10. The molecule has 10 heteroatoms. The van der Waals surface area contributed by atoms with Crippen molar-refractivity contribution in [3.05, 3.63) is 60.6 Å². The van der Waals surface area contributed by atoms with E-state index in [2.05, 4.69) is 20.9 Å². The zero-order valence-electron chi connectivity index (χ0n) is 16.2. The Bertz CT molecular complexity index is 1450. The van der Waals surface area contributed by atoms with Crippen molar-refractivity contribution in [2.24, 2.45) is 14.1 Å². The molecular weight excluding hydrogens is 442 g/mol. The third kappa shape index (κ3) is 2.59. The highest BCUT2D eigenvalue weighted by Gasteiger charge is 2.23. The van der Waals surface area contributed by atoms with Gasteiger partial charge in [0.25, 0.3) is 5.56 Å². The summed E-state index contributed by atoms with van der Waals surface area (Å²) in [4.78, 5) is 42.3. The van der Waals surface area contributed by atoms with Crippen molar-refractivity contribution in [2.45, 2.75) is 20.4 Å². The van der Waals surface area contributed by atoms with Gasteiger partial charge in [0, 0.05) is 19.5 Å². The van der Waals surface area contributed by atoms with E-state index in [1.807, 2.05) is 13.0 Å². The number of benzene rings is 1. The van der Waals surface area contributed by atoms with E-state index in [-0.39, 0.29) is 17.7 Å². The molecule has 0 fully saturated rings. The fraction of sp³-hybridized carbons (Fsp3) is 0.263. The fourth-order valence-electron chi connectivity index (χ4n) is 3.90. The van der Waals surface area contributed by atoms with Gasteiger partial charge in [0.1, 0.15) is 0 Å². The van der Waals surface area contributed by atoms with Gasteiger partial charge in [-0.25, -0.2) is 19.1 Å². The van der Waals surface area contributed by atoms with E-state index in [9.17, 15) is 19.5 Å². The average molecular weight is 460 g/mol. The summed E-state index contributed by atoms with van der Waals surface area (Å²) in [5.74, 6) is 0. The summed E-state index contributed by atoms with van der Waals surface area (Å²) in [5, 5.41) is 10.6. The highest BCUT2D eigenvalue weighted by atomic mass is 79.9. The number of nitrogens with zero attached hydrogens (tertiary/aromatic N) is 5. The van der Waals surface area contributed by atoms with Crippen molar-refractivity contribution >= 4 is 44.1 Å². The van der Waals surface area contributed by atoms with Crippen LogP contribution in [0.2, 0.25) is 0 Å². The predicted molar refractivity (Wildman–Crippen MR) is 112 cm³/mol. The predicted octanol–water partition coefficient (Wildman–Crippen LogP) is 2.34. The first-order chi connectivity index (χ1) is 13.6. The fourth-order valence-corrected chi connectivity index (χ4v) is 4.24. The van der Waals surface area contributed by atoms with Gasteiger partial charge >= 0.3 is 11.8 Å². The molecule has 0 saturated heterocycles. The smallest absolute Gasteiger partial charge is 0.416 e. The van der Waals surface area contributed by atoms with Gasteiger partial charge in [-0.1, -0.05) is 12.1 Å². The second kappa shape index (κ2) is 6.45. The quantitative estimate of drug-likeness (QED) is 0.463. The van der Waals surface area contributed by atoms with Crippen LogP contribution in [-0.4, -0.2) is 34.5 Å². The van der Waals surface area contributed by atoms with E-state index >= 15 is 0 Å².